The Bertz CT molecular complexity index is 457. The van der Waals surface area contributed by atoms with Gasteiger partial charge in [-0.1, -0.05) is 30.3 Å². The lowest BCUT2D eigenvalue weighted by Crippen LogP contribution is -2.48. The van der Waals surface area contributed by atoms with Crippen molar-refractivity contribution in [3.05, 3.63) is 35.9 Å². The highest BCUT2D eigenvalue weighted by atomic mass is 16.4. The van der Waals surface area contributed by atoms with Crippen LogP contribution in [0.2, 0.25) is 0 Å². The van der Waals surface area contributed by atoms with Crippen molar-refractivity contribution < 1.29 is 14.7 Å². The van der Waals surface area contributed by atoms with Gasteiger partial charge in [0.15, 0.2) is 0 Å². The third kappa shape index (κ3) is 3.71. The van der Waals surface area contributed by atoms with Crippen LogP contribution in [0, 0.1) is 0 Å². The summed E-state index contributed by atoms with van der Waals surface area (Å²) in [6.07, 6.45) is 2.29. The van der Waals surface area contributed by atoms with Gasteiger partial charge in [0.2, 0.25) is 0 Å². The quantitative estimate of drug-likeness (QED) is 0.844. The molecule has 1 saturated carbocycles. The molecule has 0 aliphatic heterocycles. The van der Waals surface area contributed by atoms with E-state index in [-0.39, 0.29) is 12.1 Å². The zero-order valence-corrected chi connectivity index (χ0v) is 10.9. The van der Waals surface area contributed by atoms with Gasteiger partial charge in [0.25, 0.3) is 0 Å². The van der Waals surface area contributed by atoms with Crippen LogP contribution in [0.3, 0.4) is 0 Å². The second-order valence-electron chi connectivity index (χ2n) is 4.87. The van der Waals surface area contributed by atoms with Gasteiger partial charge in [-0.2, -0.15) is 0 Å². The number of amides is 2. The molecule has 102 valence electrons. The molecule has 0 heterocycles. The average molecular weight is 262 g/mol. The van der Waals surface area contributed by atoms with Gasteiger partial charge in [-0.15, -0.1) is 0 Å². The first-order valence-corrected chi connectivity index (χ1v) is 6.38. The molecule has 1 atom stereocenters. The Hall–Kier alpha value is -2.04. The molecule has 0 unspecified atom stereocenters. The number of carbonyl (C=O) groups excluding carboxylic acids is 1. The summed E-state index contributed by atoms with van der Waals surface area (Å²) in [6.45, 7) is 0. The SMILES string of the molecule is CN(C(=O)N[C@@H](Cc1ccccc1)C(=O)O)C1CC1. The zero-order chi connectivity index (χ0) is 13.8. The van der Waals surface area contributed by atoms with Gasteiger partial charge >= 0.3 is 12.0 Å². The van der Waals surface area contributed by atoms with Gasteiger partial charge in [-0.05, 0) is 18.4 Å². The van der Waals surface area contributed by atoms with Crippen molar-refractivity contribution in [2.45, 2.75) is 31.3 Å². The molecule has 1 aromatic carbocycles. The summed E-state index contributed by atoms with van der Waals surface area (Å²) in [4.78, 5) is 24.7. The smallest absolute Gasteiger partial charge is 0.326 e. The normalized spacial score (nSPS) is 15.6. The molecule has 2 N–H and O–H groups in total. The Kier molecular flexibility index (Phi) is 4.04. The van der Waals surface area contributed by atoms with E-state index in [1.54, 1.807) is 11.9 Å². The summed E-state index contributed by atoms with van der Waals surface area (Å²) in [5.74, 6) is -1.01. The monoisotopic (exact) mass is 262 g/mol. The molecule has 2 amide bonds. The van der Waals surface area contributed by atoms with Crippen LogP contribution in [0.5, 0.6) is 0 Å². The molecule has 0 saturated heterocycles. The lowest BCUT2D eigenvalue weighted by Gasteiger charge is -2.21. The number of rotatable bonds is 5. The van der Waals surface area contributed by atoms with Crippen LogP contribution >= 0.6 is 0 Å². The molecular formula is C14H18N2O3. The molecule has 0 aromatic heterocycles. The van der Waals surface area contributed by atoms with Gasteiger partial charge < -0.3 is 15.3 Å². The molecule has 2 rings (SSSR count). The Balaban J connectivity index is 1.96. The van der Waals surface area contributed by atoms with Crippen LogP contribution in [0.15, 0.2) is 30.3 Å². The minimum absolute atomic E-state index is 0.270. The number of aliphatic carboxylic acids is 1. The van der Waals surface area contributed by atoms with Crippen molar-refractivity contribution in [1.82, 2.24) is 10.2 Å². The number of carboxylic acids is 1. The van der Waals surface area contributed by atoms with Crippen LogP contribution in [-0.4, -0.2) is 41.1 Å². The maximum atomic E-state index is 11.9. The summed E-state index contributed by atoms with van der Waals surface area (Å²) >= 11 is 0. The Labute approximate surface area is 112 Å². The van der Waals surface area contributed by atoms with E-state index in [1.165, 1.54) is 0 Å². The highest BCUT2D eigenvalue weighted by molar-refractivity contribution is 5.83. The molecule has 19 heavy (non-hydrogen) atoms. The summed E-state index contributed by atoms with van der Waals surface area (Å²) in [7, 11) is 1.70. The first kappa shape index (κ1) is 13.4. The van der Waals surface area contributed by atoms with Gasteiger partial charge in [-0.3, -0.25) is 0 Å². The van der Waals surface area contributed by atoms with E-state index in [9.17, 15) is 14.7 Å². The lowest BCUT2D eigenvalue weighted by atomic mass is 10.1. The van der Waals surface area contributed by atoms with Crippen LogP contribution in [0.25, 0.3) is 0 Å². The highest BCUT2D eigenvalue weighted by Gasteiger charge is 2.31. The predicted molar refractivity (Wildman–Crippen MR) is 70.9 cm³/mol. The molecule has 1 aromatic rings. The maximum Gasteiger partial charge on any atom is 0.326 e. The van der Waals surface area contributed by atoms with E-state index < -0.39 is 12.0 Å². The van der Waals surface area contributed by atoms with E-state index in [0.29, 0.717) is 6.42 Å². The fraction of sp³-hybridized carbons (Fsp3) is 0.429. The van der Waals surface area contributed by atoms with Crippen molar-refractivity contribution in [1.29, 1.82) is 0 Å². The standard InChI is InChI=1S/C14H18N2O3/c1-16(11-7-8-11)14(19)15-12(13(17)18)9-10-5-3-2-4-6-10/h2-6,11-12H,7-9H2,1H3,(H,15,19)(H,17,18)/t12-/m0/s1. The van der Waals surface area contributed by atoms with Crippen molar-refractivity contribution in [3.8, 4) is 0 Å². The number of carbonyl (C=O) groups is 2. The van der Waals surface area contributed by atoms with Crippen LogP contribution in [0.4, 0.5) is 4.79 Å². The predicted octanol–water partition coefficient (Wildman–Crippen LogP) is 1.49. The molecule has 0 bridgehead atoms. The third-order valence-electron chi connectivity index (χ3n) is 3.29. The zero-order valence-electron chi connectivity index (χ0n) is 10.9. The van der Waals surface area contributed by atoms with Crippen molar-refractivity contribution in [2.24, 2.45) is 0 Å². The maximum absolute atomic E-state index is 11.9. The summed E-state index contributed by atoms with van der Waals surface area (Å²) in [5, 5.41) is 11.8. The van der Waals surface area contributed by atoms with Gasteiger partial charge in [0.1, 0.15) is 6.04 Å². The van der Waals surface area contributed by atoms with Crippen LogP contribution < -0.4 is 5.32 Å². The molecular weight excluding hydrogens is 244 g/mol. The Morgan fingerprint density at radius 3 is 2.53 bits per heavy atom. The van der Waals surface area contributed by atoms with E-state index >= 15 is 0 Å². The number of hydrogen-bond acceptors (Lipinski definition) is 2. The minimum Gasteiger partial charge on any atom is -0.480 e. The molecule has 0 radical (unpaired) electrons. The molecule has 5 heteroatoms. The molecule has 1 aliphatic rings. The van der Waals surface area contributed by atoms with Crippen LogP contribution in [-0.2, 0) is 11.2 Å². The number of carboxylic acid groups (broad SMARTS) is 1. The summed E-state index contributed by atoms with van der Waals surface area (Å²) < 4.78 is 0. The lowest BCUT2D eigenvalue weighted by molar-refractivity contribution is -0.139. The number of urea groups is 1. The van der Waals surface area contributed by atoms with Crippen molar-refractivity contribution >= 4 is 12.0 Å². The molecule has 1 aliphatic carbocycles. The number of hydrogen-bond donors (Lipinski definition) is 2. The summed E-state index contributed by atoms with van der Waals surface area (Å²) in [5.41, 5.74) is 0.893. The first-order valence-electron chi connectivity index (χ1n) is 6.38. The second-order valence-corrected chi connectivity index (χ2v) is 4.87. The molecule has 1 fully saturated rings. The van der Waals surface area contributed by atoms with Crippen molar-refractivity contribution in [2.75, 3.05) is 7.05 Å². The minimum atomic E-state index is -1.01. The number of benzene rings is 1. The average Bonchev–Trinajstić information content (AvgIpc) is 3.22. The Morgan fingerprint density at radius 2 is 2.00 bits per heavy atom. The third-order valence-corrected chi connectivity index (χ3v) is 3.29. The van der Waals surface area contributed by atoms with Crippen molar-refractivity contribution in [3.63, 3.8) is 0 Å². The Morgan fingerprint density at radius 1 is 1.37 bits per heavy atom. The number of nitrogens with zero attached hydrogens (tertiary/aromatic N) is 1. The van der Waals surface area contributed by atoms with Crippen LogP contribution in [0.1, 0.15) is 18.4 Å². The highest BCUT2D eigenvalue weighted by Crippen LogP contribution is 2.25. The van der Waals surface area contributed by atoms with E-state index in [0.717, 1.165) is 18.4 Å². The topological polar surface area (TPSA) is 69.6 Å². The number of nitrogens with one attached hydrogen (secondary N) is 1. The van der Waals surface area contributed by atoms with E-state index in [2.05, 4.69) is 5.32 Å². The fourth-order valence-electron chi connectivity index (χ4n) is 1.93. The second kappa shape index (κ2) is 5.73. The summed E-state index contributed by atoms with van der Waals surface area (Å²) in [6, 6.07) is 8.35. The van der Waals surface area contributed by atoms with Gasteiger partial charge in [0, 0.05) is 19.5 Å². The fourth-order valence-corrected chi connectivity index (χ4v) is 1.93. The molecule has 0 spiro atoms. The van der Waals surface area contributed by atoms with E-state index in [1.807, 2.05) is 30.3 Å². The first-order chi connectivity index (χ1) is 9.08. The van der Waals surface area contributed by atoms with E-state index in [4.69, 9.17) is 0 Å². The van der Waals surface area contributed by atoms with Gasteiger partial charge in [0.05, 0.1) is 0 Å². The van der Waals surface area contributed by atoms with Gasteiger partial charge in [-0.25, -0.2) is 9.59 Å². The molecule has 5 nitrogen and oxygen atoms in total. The largest absolute Gasteiger partial charge is 0.480 e.